The maximum atomic E-state index is 12.3. The average Bonchev–Trinajstić information content (AvgIpc) is 2.96. The third-order valence-corrected chi connectivity index (χ3v) is 5.44. The van der Waals surface area contributed by atoms with Crippen LogP contribution >= 0.6 is 23.1 Å². The minimum absolute atomic E-state index is 0.0494. The van der Waals surface area contributed by atoms with Crippen molar-refractivity contribution in [2.45, 2.75) is 44.5 Å². The minimum Gasteiger partial charge on any atom is -0.367 e. The molecule has 1 aromatic rings. The van der Waals surface area contributed by atoms with Crippen molar-refractivity contribution in [3.05, 3.63) is 16.6 Å². The Labute approximate surface area is 135 Å². The van der Waals surface area contributed by atoms with Gasteiger partial charge >= 0.3 is 0 Å². The lowest BCUT2D eigenvalue weighted by Gasteiger charge is -2.32. The normalized spacial score (nSPS) is 19.8. The summed E-state index contributed by atoms with van der Waals surface area (Å²) in [6.07, 6.45) is 3.31. The molecule has 4 nitrogen and oxygen atoms in total. The van der Waals surface area contributed by atoms with Gasteiger partial charge in [-0.1, -0.05) is 20.8 Å². The molecule has 118 valence electrons. The Hall–Kier alpha value is -0.590. The highest BCUT2D eigenvalue weighted by atomic mass is 32.2. The van der Waals surface area contributed by atoms with Crippen LogP contribution in [0.5, 0.6) is 0 Å². The molecule has 2 heterocycles. The molecule has 1 fully saturated rings. The van der Waals surface area contributed by atoms with Crippen molar-refractivity contribution >= 4 is 29.0 Å². The lowest BCUT2D eigenvalue weighted by Crippen LogP contribution is -2.42. The molecule has 2 rings (SSSR count). The van der Waals surface area contributed by atoms with Crippen molar-refractivity contribution in [3.8, 4) is 0 Å². The van der Waals surface area contributed by atoms with Gasteiger partial charge in [0.2, 0.25) is 5.91 Å². The van der Waals surface area contributed by atoms with E-state index >= 15 is 0 Å². The summed E-state index contributed by atoms with van der Waals surface area (Å²) in [7, 11) is 0. The molecule has 1 aromatic heterocycles. The average molecular weight is 329 g/mol. The van der Waals surface area contributed by atoms with Gasteiger partial charge in [-0.05, 0) is 12.2 Å². The monoisotopic (exact) mass is 328 g/mol. The lowest BCUT2D eigenvalue weighted by molar-refractivity contribution is -0.139. The summed E-state index contributed by atoms with van der Waals surface area (Å²) >= 11 is 3.51. The van der Waals surface area contributed by atoms with Gasteiger partial charge in [0.15, 0.2) is 0 Å². The van der Waals surface area contributed by atoms with Gasteiger partial charge in [-0.3, -0.25) is 4.79 Å². The van der Waals surface area contributed by atoms with Crippen molar-refractivity contribution in [1.82, 2.24) is 9.88 Å². The molecule has 0 saturated carbocycles. The largest absolute Gasteiger partial charge is 0.367 e. The third kappa shape index (κ3) is 5.60. The topological polar surface area (TPSA) is 42.4 Å². The SMILES string of the molecule is CC(C)(C)SCCCC(=O)N1CCO[C@H](c2nccs2)C1. The van der Waals surface area contributed by atoms with Crippen LogP contribution in [0.15, 0.2) is 11.6 Å². The first kappa shape index (κ1) is 16.8. The van der Waals surface area contributed by atoms with Gasteiger partial charge in [0.05, 0.1) is 13.2 Å². The van der Waals surface area contributed by atoms with Crippen LogP contribution in [0.4, 0.5) is 0 Å². The molecule has 1 aliphatic rings. The highest BCUT2D eigenvalue weighted by Gasteiger charge is 2.26. The third-order valence-electron chi connectivity index (χ3n) is 3.22. The maximum absolute atomic E-state index is 12.3. The van der Waals surface area contributed by atoms with Crippen molar-refractivity contribution in [3.63, 3.8) is 0 Å². The molecule has 6 heteroatoms. The van der Waals surface area contributed by atoms with Crippen molar-refractivity contribution in [2.24, 2.45) is 0 Å². The molecule has 1 aliphatic heterocycles. The standard InChI is InChI=1S/C15H24N2O2S2/c1-15(2,3)21-9-4-5-13(18)17-7-8-19-12(11-17)14-16-6-10-20-14/h6,10,12H,4-5,7-9,11H2,1-3H3/t12-/m0/s1. The van der Waals surface area contributed by atoms with Gasteiger partial charge in [0, 0.05) is 29.3 Å². The van der Waals surface area contributed by atoms with Crippen LogP contribution in [0, 0.1) is 0 Å². The zero-order chi connectivity index (χ0) is 15.3. The van der Waals surface area contributed by atoms with Crippen LogP contribution in [0.2, 0.25) is 0 Å². The van der Waals surface area contributed by atoms with Gasteiger partial charge in [-0.25, -0.2) is 4.98 Å². The molecule has 0 aliphatic carbocycles. The van der Waals surface area contributed by atoms with Gasteiger partial charge < -0.3 is 9.64 Å². The Bertz CT molecular complexity index is 443. The number of hydrogen-bond donors (Lipinski definition) is 0. The summed E-state index contributed by atoms with van der Waals surface area (Å²) in [5.74, 6) is 1.28. The number of carbonyl (C=O) groups is 1. The van der Waals surface area contributed by atoms with Crippen LogP contribution < -0.4 is 0 Å². The molecule has 1 amide bonds. The summed E-state index contributed by atoms with van der Waals surface area (Å²) in [4.78, 5) is 18.5. The maximum Gasteiger partial charge on any atom is 0.222 e. The van der Waals surface area contributed by atoms with Crippen LogP contribution in [-0.4, -0.2) is 46.0 Å². The first-order valence-corrected chi connectivity index (χ1v) is 9.25. The molecule has 0 radical (unpaired) electrons. The lowest BCUT2D eigenvalue weighted by atomic mass is 10.2. The quantitative estimate of drug-likeness (QED) is 0.777. The summed E-state index contributed by atoms with van der Waals surface area (Å²) in [6, 6.07) is 0. The highest BCUT2D eigenvalue weighted by molar-refractivity contribution is 8.00. The first-order chi connectivity index (χ1) is 9.96. The molecule has 0 aromatic carbocycles. The number of nitrogens with zero attached hydrogens (tertiary/aromatic N) is 2. The van der Waals surface area contributed by atoms with Gasteiger partial charge in [0.25, 0.3) is 0 Å². The summed E-state index contributed by atoms with van der Waals surface area (Å²) in [5, 5.41) is 2.92. The fraction of sp³-hybridized carbons (Fsp3) is 0.733. The number of amides is 1. The van der Waals surface area contributed by atoms with Crippen LogP contribution in [0.3, 0.4) is 0 Å². The molecular weight excluding hydrogens is 304 g/mol. The highest BCUT2D eigenvalue weighted by Crippen LogP contribution is 2.26. The van der Waals surface area contributed by atoms with Crippen LogP contribution in [-0.2, 0) is 9.53 Å². The zero-order valence-corrected chi connectivity index (χ0v) is 14.6. The van der Waals surface area contributed by atoms with E-state index in [1.54, 1.807) is 17.5 Å². The van der Waals surface area contributed by atoms with Gasteiger partial charge in [-0.2, -0.15) is 11.8 Å². The number of thiazole rings is 1. The Balaban J connectivity index is 1.74. The summed E-state index contributed by atoms with van der Waals surface area (Å²) < 4.78 is 6.00. The number of rotatable bonds is 5. The summed E-state index contributed by atoms with van der Waals surface area (Å²) in [5.41, 5.74) is 0. The molecule has 1 atom stereocenters. The Kier molecular flexibility index (Phi) is 6.08. The van der Waals surface area contributed by atoms with E-state index in [0.717, 1.165) is 17.2 Å². The second-order valence-corrected chi connectivity index (χ2v) is 8.98. The number of morpholine rings is 1. The number of thioether (sulfide) groups is 1. The Morgan fingerprint density at radius 2 is 2.38 bits per heavy atom. The van der Waals surface area contributed by atoms with E-state index in [9.17, 15) is 4.79 Å². The Morgan fingerprint density at radius 3 is 3.05 bits per heavy atom. The summed E-state index contributed by atoms with van der Waals surface area (Å²) in [6.45, 7) is 8.57. The van der Waals surface area contributed by atoms with E-state index in [0.29, 0.717) is 26.1 Å². The van der Waals surface area contributed by atoms with Crippen LogP contribution in [0.1, 0.15) is 44.7 Å². The van der Waals surface area contributed by atoms with E-state index in [1.165, 1.54) is 0 Å². The smallest absolute Gasteiger partial charge is 0.222 e. The number of ether oxygens (including phenoxy) is 1. The number of hydrogen-bond acceptors (Lipinski definition) is 5. The predicted octanol–water partition coefficient (Wildman–Crippen LogP) is 3.35. The van der Waals surface area contributed by atoms with E-state index in [2.05, 4.69) is 25.8 Å². The van der Waals surface area contributed by atoms with Crippen LogP contribution in [0.25, 0.3) is 0 Å². The molecule has 0 bridgehead atoms. The van der Waals surface area contributed by atoms with E-state index < -0.39 is 0 Å². The zero-order valence-electron chi connectivity index (χ0n) is 13.0. The van der Waals surface area contributed by atoms with Gasteiger partial charge in [-0.15, -0.1) is 11.3 Å². The molecule has 0 N–H and O–H groups in total. The van der Waals surface area contributed by atoms with Crippen molar-refractivity contribution in [2.75, 3.05) is 25.4 Å². The molecule has 0 unspecified atom stereocenters. The fourth-order valence-electron chi connectivity index (χ4n) is 2.18. The molecular formula is C15H24N2O2S2. The van der Waals surface area contributed by atoms with E-state index in [4.69, 9.17) is 4.74 Å². The van der Waals surface area contributed by atoms with Crippen molar-refractivity contribution < 1.29 is 9.53 Å². The minimum atomic E-state index is -0.0494. The number of carbonyl (C=O) groups excluding carboxylic acids is 1. The first-order valence-electron chi connectivity index (χ1n) is 7.38. The Morgan fingerprint density at radius 1 is 1.57 bits per heavy atom. The predicted molar refractivity (Wildman–Crippen MR) is 88.8 cm³/mol. The molecule has 0 spiro atoms. The van der Waals surface area contributed by atoms with E-state index in [1.807, 2.05) is 22.0 Å². The van der Waals surface area contributed by atoms with Crippen molar-refractivity contribution in [1.29, 1.82) is 0 Å². The molecule has 21 heavy (non-hydrogen) atoms. The molecule has 1 saturated heterocycles. The van der Waals surface area contributed by atoms with Gasteiger partial charge in [0.1, 0.15) is 11.1 Å². The fourth-order valence-corrected chi connectivity index (χ4v) is 3.76. The number of aromatic nitrogens is 1. The second-order valence-electron chi connectivity index (χ2n) is 6.13. The second kappa shape index (κ2) is 7.61. The van der Waals surface area contributed by atoms with E-state index in [-0.39, 0.29) is 16.8 Å².